The molecule has 0 aromatic rings. The van der Waals surface area contributed by atoms with Gasteiger partial charge in [-0.05, 0) is 96.3 Å². The van der Waals surface area contributed by atoms with E-state index < -0.39 is 6.10 Å². The van der Waals surface area contributed by atoms with Crippen molar-refractivity contribution in [2.24, 2.45) is 0 Å². The van der Waals surface area contributed by atoms with E-state index in [9.17, 15) is 14.4 Å². The molecule has 438 valence electrons. The van der Waals surface area contributed by atoms with Gasteiger partial charge in [-0.3, -0.25) is 14.4 Å². The number of ether oxygens (including phenoxy) is 3. The smallest absolute Gasteiger partial charge is 0.306 e. The van der Waals surface area contributed by atoms with E-state index in [0.717, 1.165) is 103 Å². The third-order valence-corrected chi connectivity index (χ3v) is 14.1. The Balaban J connectivity index is 4.06. The number of carbonyl (C=O) groups is 3. The minimum absolute atomic E-state index is 0.0767. The predicted octanol–water partition coefficient (Wildman–Crippen LogP) is 22.3. The Morgan fingerprint density at radius 3 is 0.803 bits per heavy atom. The average Bonchev–Trinajstić information content (AvgIpc) is 3.42. The van der Waals surface area contributed by atoms with Gasteiger partial charge in [-0.1, -0.05) is 292 Å². The van der Waals surface area contributed by atoms with Gasteiger partial charge in [0, 0.05) is 19.3 Å². The fourth-order valence-corrected chi connectivity index (χ4v) is 9.27. The SMILES string of the molecule is CC/C=C\C/C=C\C/C=C\C/C=C\CCCCCCCCCCCCCCCCCCC(=O)OCC(COC(=O)CCCCCCCC)OC(=O)CCCCCCCCCC/C=C\C/C=C\C/C=C\CCCCCCC. The molecule has 0 fully saturated rings. The highest BCUT2D eigenvalue weighted by Gasteiger charge is 2.19. The summed E-state index contributed by atoms with van der Waals surface area (Å²) in [4.78, 5) is 38.0. The highest BCUT2D eigenvalue weighted by Crippen LogP contribution is 2.17. The van der Waals surface area contributed by atoms with Crippen LogP contribution >= 0.6 is 0 Å². The summed E-state index contributed by atoms with van der Waals surface area (Å²) in [6.45, 7) is 6.48. The summed E-state index contributed by atoms with van der Waals surface area (Å²) in [7, 11) is 0. The largest absolute Gasteiger partial charge is 0.462 e. The Labute approximate surface area is 471 Å². The van der Waals surface area contributed by atoms with Gasteiger partial charge < -0.3 is 14.2 Å². The Bertz CT molecular complexity index is 1450. The maximum Gasteiger partial charge on any atom is 0.306 e. The van der Waals surface area contributed by atoms with Crippen molar-refractivity contribution in [3.05, 3.63) is 85.1 Å². The number of carbonyl (C=O) groups excluding carboxylic acids is 3. The molecule has 0 aliphatic rings. The standard InChI is InChI=1S/C70H122O6/c1-4-7-10-13-16-18-20-22-24-26-28-30-32-33-34-35-36-37-39-40-42-44-46-48-50-52-54-57-60-63-69(72)75-66-67(65-74-68(71)62-59-56-15-12-9-6-3)76-70(73)64-61-58-55-53-51-49-47-45-43-41-38-31-29-27-25-23-21-19-17-14-11-8-5-2/h7,10,16,18,21-24,27-30,38,41,67H,4-6,8-9,11-15,17,19-20,25-26,31-37,39-40,42-66H2,1-3H3/b10-7-,18-16-,23-21-,24-22-,29-27-,30-28-,41-38-. The molecule has 0 radical (unpaired) electrons. The average molecular weight is 1060 g/mol. The van der Waals surface area contributed by atoms with Crippen molar-refractivity contribution in [1.29, 1.82) is 0 Å². The number of unbranched alkanes of at least 4 members (excludes halogenated alkanes) is 34. The molecule has 0 saturated heterocycles. The first-order chi connectivity index (χ1) is 37.5. The first kappa shape index (κ1) is 72.6. The minimum atomic E-state index is -0.777. The van der Waals surface area contributed by atoms with Crippen LogP contribution in [0.5, 0.6) is 0 Å². The van der Waals surface area contributed by atoms with E-state index in [1.165, 1.54) is 180 Å². The quantitative estimate of drug-likeness (QED) is 0.0261. The first-order valence-corrected chi connectivity index (χ1v) is 32.6. The van der Waals surface area contributed by atoms with Crippen LogP contribution in [0.4, 0.5) is 0 Å². The summed E-state index contributed by atoms with van der Waals surface area (Å²) in [6.07, 6.45) is 84.9. The third kappa shape index (κ3) is 61.4. The number of rotatable bonds is 59. The summed E-state index contributed by atoms with van der Waals surface area (Å²) in [5, 5.41) is 0. The van der Waals surface area contributed by atoms with Gasteiger partial charge in [-0.15, -0.1) is 0 Å². The second-order valence-corrected chi connectivity index (χ2v) is 21.6. The number of allylic oxidation sites excluding steroid dienone is 14. The number of esters is 3. The van der Waals surface area contributed by atoms with Gasteiger partial charge in [0.05, 0.1) is 0 Å². The molecule has 0 spiro atoms. The molecular formula is C70H122O6. The van der Waals surface area contributed by atoms with Crippen LogP contribution in [0.25, 0.3) is 0 Å². The van der Waals surface area contributed by atoms with Crippen LogP contribution in [0.2, 0.25) is 0 Å². The fraction of sp³-hybridized carbons (Fsp3) is 0.757. The van der Waals surface area contributed by atoms with Gasteiger partial charge in [-0.2, -0.15) is 0 Å². The highest BCUT2D eigenvalue weighted by atomic mass is 16.6. The van der Waals surface area contributed by atoms with E-state index in [2.05, 4.69) is 106 Å². The molecule has 1 atom stereocenters. The molecule has 0 aliphatic carbocycles. The van der Waals surface area contributed by atoms with Gasteiger partial charge in [0.25, 0.3) is 0 Å². The number of hydrogen-bond acceptors (Lipinski definition) is 6. The topological polar surface area (TPSA) is 78.9 Å². The lowest BCUT2D eigenvalue weighted by molar-refractivity contribution is -0.167. The van der Waals surface area contributed by atoms with Gasteiger partial charge in [-0.25, -0.2) is 0 Å². The molecule has 6 nitrogen and oxygen atoms in total. The van der Waals surface area contributed by atoms with Crippen LogP contribution in [-0.4, -0.2) is 37.2 Å². The van der Waals surface area contributed by atoms with E-state index in [1.807, 2.05) is 0 Å². The van der Waals surface area contributed by atoms with Crippen LogP contribution in [0.3, 0.4) is 0 Å². The van der Waals surface area contributed by atoms with Crippen molar-refractivity contribution >= 4 is 17.9 Å². The van der Waals surface area contributed by atoms with Gasteiger partial charge in [0.1, 0.15) is 13.2 Å². The van der Waals surface area contributed by atoms with Crippen molar-refractivity contribution in [3.63, 3.8) is 0 Å². The van der Waals surface area contributed by atoms with Crippen LogP contribution < -0.4 is 0 Å². The molecule has 0 saturated carbocycles. The zero-order valence-corrected chi connectivity index (χ0v) is 50.3. The Morgan fingerprint density at radius 2 is 0.513 bits per heavy atom. The zero-order valence-electron chi connectivity index (χ0n) is 50.3. The Morgan fingerprint density at radius 1 is 0.276 bits per heavy atom. The molecule has 0 aromatic heterocycles. The van der Waals surface area contributed by atoms with Crippen molar-refractivity contribution < 1.29 is 28.6 Å². The van der Waals surface area contributed by atoms with Gasteiger partial charge in [0.15, 0.2) is 6.10 Å². The summed E-state index contributed by atoms with van der Waals surface area (Å²) < 4.78 is 16.8. The molecule has 6 heteroatoms. The normalized spacial score (nSPS) is 12.6. The van der Waals surface area contributed by atoms with E-state index in [0.29, 0.717) is 19.3 Å². The Kier molecular flexibility index (Phi) is 61.2. The lowest BCUT2D eigenvalue weighted by Crippen LogP contribution is -2.30. The van der Waals surface area contributed by atoms with E-state index in [-0.39, 0.29) is 31.1 Å². The first-order valence-electron chi connectivity index (χ1n) is 32.6. The molecule has 0 bridgehead atoms. The van der Waals surface area contributed by atoms with E-state index >= 15 is 0 Å². The van der Waals surface area contributed by atoms with Crippen LogP contribution in [0.15, 0.2) is 85.1 Å². The minimum Gasteiger partial charge on any atom is -0.462 e. The second-order valence-electron chi connectivity index (χ2n) is 21.6. The van der Waals surface area contributed by atoms with E-state index in [1.54, 1.807) is 0 Å². The Hall–Kier alpha value is -3.41. The fourth-order valence-electron chi connectivity index (χ4n) is 9.27. The van der Waals surface area contributed by atoms with Crippen molar-refractivity contribution in [2.45, 2.75) is 329 Å². The van der Waals surface area contributed by atoms with Gasteiger partial charge in [0.2, 0.25) is 0 Å². The molecule has 76 heavy (non-hydrogen) atoms. The molecule has 0 heterocycles. The summed E-state index contributed by atoms with van der Waals surface area (Å²) in [5.41, 5.74) is 0. The van der Waals surface area contributed by atoms with E-state index in [4.69, 9.17) is 14.2 Å². The molecule has 0 aromatic carbocycles. The van der Waals surface area contributed by atoms with Crippen molar-refractivity contribution in [3.8, 4) is 0 Å². The van der Waals surface area contributed by atoms with Crippen molar-refractivity contribution in [2.75, 3.05) is 13.2 Å². The summed E-state index contributed by atoms with van der Waals surface area (Å²) in [6, 6.07) is 0. The molecule has 0 N–H and O–H groups in total. The predicted molar refractivity (Wildman–Crippen MR) is 330 cm³/mol. The molecule has 1 unspecified atom stereocenters. The summed E-state index contributed by atoms with van der Waals surface area (Å²) in [5.74, 6) is -0.882. The molecular weight excluding hydrogens is 937 g/mol. The summed E-state index contributed by atoms with van der Waals surface area (Å²) >= 11 is 0. The van der Waals surface area contributed by atoms with Crippen molar-refractivity contribution in [1.82, 2.24) is 0 Å². The number of hydrogen-bond donors (Lipinski definition) is 0. The van der Waals surface area contributed by atoms with Gasteiger partial charge >= 0.3 is 17.9 Å². The van der Waals surface area contributed by atoms with Crippen LogP contribution in [-0.2, 0) is 28.6 Å². The zero-order chi connectivity index (χ0) is 55.0. The maximum atomic E-state index is 12.8. The lowest BCUT2D eigenvalue weighted by atomic mass is 10.0. The lowest BCUT2D eigenvalue weighted by Gasteiger charge is -2.18. The monoisotopic (exact) mass is 1060 g/mol. The molecule has 0 aliphatic heterocycles. The third-order valence-electron chi connectivity index (χ3n) is 14.1. The van der Waals surface area contributed by atoms with Crippen LogP contribution in [0, 0.1) is 0 Å². The molecule has 0 amide bonds. The van der Waals surface area contributed by atoms with Crippen LogP contribution in [0.1, 0.15) is 323 Å². The molecule has 0 rings (SSSR count). The second kappa shape index (κ2) is 64.1. The highest BCUT2D eigenvalue weighted by molar-refractivity contribution is 5.71. The maximum absolute atomic E-state index is 12.8.